The zero-order chi connectivity index (χ0) is 20.8. The molecule has 4 N–H and O–H groups in total. The molecule has 0 bridgehead atoms. The number of amides is 2. The molecule has 3 rings (SSSR count). The third-order valence-corrected chi connectivity index (χ3v) is 5.30. The van der Waals surface area contributed by atoms with Crippen molar-refractivity contribution in [1.82, 2.24) is 26.0 Å². The zero-order valence-corrected chi connectivity index (χ0v) is 17.3. The number of aromatic nitrogens is 3. The summed E-state index contributed by atoms with van der Waals surface area (Å²) in [6.45, 7) is 0.958. The van der Waals surface area contributed by atoms with E-state index in [2.05, 4.69) is 31.7 Å². The summed E-state index contributed by atoms with van der Waals surface area (Å²) in [4.78, 5) is 25.2. The number of fused-ring (bicyclic) bond motifs is 1. The number of benzene rings is 1. The highest BCUT2D eigenvalue weighted by Gasteiger charge is 2.37. The van der Waals surface area contributed by atoms with Crippen LogP contribution in [0.2, 0.25) is 0 Å². The summed E-state index contributed by atoms with van der Waals surface area (Å²) in [5, 5.41) is 26.1. The van der Waals surface area contributed by atoms with Gasteiger partial charge in [-0.15, -0.1) is 5.10 Å². The maximum atomic E-state index is 12.6. The summed E-state index contributed by atoms with van der Waals surface area (Å²) in [6, 6.07) is 4.68. The smallest absolute Gasteiger partial charge is 0.251 e. The molecule has 0 radical (unpaired) electrons. The molecule has 11 heteroatoms. The van der Waals surface area contributed by atoms with Gasteiger partial charge in [-0.3, -0.25) is 19.5 Å². The van der Waals surface area contributed by atoms with E-state index in [1.807, 2.05) is 24.4 Å². The van der Waals surface area contributed by atoms with Gasteiger partial charge in [-0.05, 0) is 31.0 Å². The van der Waals surface area contributed by atoms with Gasteiger partial charge in [0, 0.05) is 28.7 Å². The van der Waals surface area contributed by atoms with Gasteiger partial charge in [-0.25, -0.2) is 5.48 Å². The van der Waals surface area contributed by atoms with Gasteiger partial charge in [0.05, 0.1) is 12.7 Å². The van der Waals surface area contributed by atoms with Crippen LogP contribution in [-0.2, 0) is 22.7 Å². The highest BCUT2D eigenvalue weighted by molar-refractivity contribution is 9.10. The number of rotatable bonds is 10. The summed E-state index contributed by atoms with van der Waals surface area (Å²) >= 11 is 3.39. The van der Waals surface area contributed by atoms with E-state index in [1.165, 1.54) is 0 Å². The van der Waals surface area contributed by atoms with E-state index >= 15 is 0 Å². The maximum absolute atomic E-state index is 12.6. The van der Waals surface area contributed by atoms with Crippen LogP contribution in [0.15, 0.2) is 28.9 Å². The highest BCUT2D eigenvalue weighted by atomic mass is 79.9. The molecule has 156 valence electrons. The second-order valence-electron chi connectivity index (χ2n) is 6.86. The number of nitrogens with zero attached hydrogens (tertiary/aromatic N) is 4. The number of hydroxylamine groups is 2. The minimum Gasteiger partial charge on any atom is -0.316 e. The molecule has 2 amide bonds. The van der Waals surface area contributed by atoms with E-state index in [-0.39, 0.29) is 18.4 Å². The Morgan fingerprint density at radius 2 is 2.00 bits per heavy atom. The van der Waals surface area contributed by atoms with E-state index in [0.29, 0.717) is 24.2 Å². The highest BCUT2D eigenvalue weighted by Crippen LogP contribution is 2.38. The number of halogens is 1. The van der Waals surface area contributed by atoms with Gasteiger partial charge in [0.1, 0.15) is 11.7 Å². The van der Waals surface area contributed by atoms with Crippen LogP contribution in [0.25, 0.3) is 0 Å². The summed E-state index contributed by atoms with van der Waals surface area (Å²) in [5.41, 5.74) is 5.79. The van der Waals surface area contributed by atoms with Crippen LogP contribution < -0.4 is 15.9 Å². The summed E-state index contributed by atoms with van der Waals surface area (Å²) in [6.07, 6.45) is 5.56. The first-order valence-corrected chi connectivity index (χ1v) is 10.1. The molecule has 0 spiro atoms. The van der Waals surface area contributed by atoms with Gasteiger partial charge in [-0.1, -0.05) is 34.0 Å². The Labute approximate surface area is 175 Å². The van der Waals surface area contributed by atoms with E-state index in [1.54, 1.807) is 15.1 Å². The number of hydrogen-bond donors (Lipinski definition) is 4. The molecular formula is C18H23BrN6O4. The van der Waals surface area contributed by atoms with Crippen LogP contribution in [0.4, 0.5) is 5.69 Å². The predicted molar refractivity (Wildman–Crippen MR) is 106 cm³/mol. The minimum absolute atomic E-state index is 0.248. The van der Waals surface area contributed by atoms with Crippen LogP contribution in [0, 0.1) is 0 Å². The van der Waals surface area contributed by atoms with E-state index in [4.69, 9.17) is 5.21 Å². The van der Waals surface area contributed by atoms with Crippen molar-refractivity contribution in [3.05, 3.63) is 40.1 Å². The molecular weight excluding hydrogens is 444 g/mol. The third-order valence-electron chi connectivity index (χ3n) is 4.81. The van der Waals surface area contributed by atoms with Crippen molar-refractivity contribution in [2.75, 3.05) is 4.90 Å². The van der Waals surface area contributed by atoms with Crippen LogP contribution in [0.1, 0.15) is 49.4 Å². The second kappa shape index (κ2) is 9.92. The van der Waals surface area contributed by atoms with Gasteiger partial charge in [0.2, 0.25) is 5.91 Å². The molecule has 1 aromatic heterocycles. The molecule has 10 nitrogen and oxygen atoms in total. The Balaban J connectivity index is 1.53. The Kier molecular flexibility index (Phi) is 7.31. The van der Waals surface area contributed by atoms with Crippen LogP contribution in [-0.4, -0.2) is 37.2 Å². The average molecular weight is 467 g/mol. The van der Waals surface area contributed by atoms with Crippen LogP contribution >= 0.6 is 15.9 Å². The Morgan fingerprint density at radius 3 is 2.76 bits per heavy atom. The van der Waals surface area contributed by atoms with E-state index in [9.17, 15) is 14.8 Å². The Bertz CT molecular complexity index is 874. The largest absolute Gasteiger partial charge is 0.316 e. The fraction of sp³-hybridized carbons (Fsp3) is 0.444. The molecule has 1 aliphatic rings. The predicted octanol–water partition coefficient (Wildman–Crippen LogP) is 2.06. The van der Waals surface area contributed by atoms with Gasteiger partial charge < -0.3 is 10.1 Å². The van der Waals surface area contributed by atoms with Crippen molar-refractivity contribution in [2.24, 2.45) is 0 Å². The van der Waals surface area contributed by atoms with Gasteiger partial charge in [0.15, 0.2) is 0 Å². The molecule has 0 saturated heterocycles. The van der Waals surface area contributed by atoms with Crippen molar-refractivity contribution in [3.63, 3.8) is 0 Å². The number of carbonyl (C=O) groups is 2. The molecule has 2 heterocycles. The zero-order valence-electron chi connectivity index (χ0n) is 15.7. The topological polar surface area (TPSA) is 133 Å². The molecule has 1 aromatic carbocycles. The van der Waals surface area contributed by atoms with E-state index < -0.39 is 6.04 Å². The molecule has 2 aromatic rings. The lowest BCUT2D eigenvalue weighted by Gasteiger charge is -2.16. The fourth-order valence-corrected chi connectivity index (χ4v) is 3.73. The number of nitrogens with one attached hydrogen (secondary N) is 2. The van der Waals surface area contributed by atoms with Crippen LogP contribution in [0.5, 0.6) is 0 Å². The number of hydrogen-bond acceptors (Lipinski definition) is 7. The molecule has 1 atom stereocenters. The van der Waals surface area contributed by atoms with Crippen molar-refractivity contribution >= 4 is 33.4 Å². The summed E-state index contributed by atoms with van der Waals surface area (Å²) < 4.78 is 2.56. The first kappa shape index (κ1) is 21.4. The van der Waals surface area contributed by atoms with Crippen molar-refractivity contribution < 1.29 is 20.0 Å². The summed E-state index contributed by atoms with van der Waals surface area (Å²) in [5.74, 6) is -0.614. The van der Waals surface area contributed by atoms with Gasteiger partial charge in [-0.2, -0.15) is 5.48 Å². The van der Waals surface area contributed by atoms with Crippen molar-refractivity contribution in [1.29, 1.82) is 0 Å². The normalized spacial score (nSPS) is 15.6. The van der Waals surface area contributed by atoms with Crippen LogP contribution in [0.3, 0.4) is 0 Å². The molecule has 1 unspecified atom stereocenters. The standard InChI is InChI=1S/C18H23BrN6O4/c19-12-6-7-15-14(9-12)17(22-29)18(27)25(15)11-13-10-24(23-20-13)8-4-2-1-3-5-16(26)21-28/h6-7,9-10,17,22,28-29H,1-5,8,11H2,(H,21,26). The lowest BCUT2D eigenvalue weighted by atomic mass is 10.1. The minimum atomic E-state index is -0.801. The third kappa shape index (κ3) is 5.18. The Morgan fingerprint density at radius 1 is 1.21 bits per heavy atom. The number of aryl methyl sites for hydroxylation is 1. The number of unbranched alkanes of at least 4 members (excludes halogenated alkanes) is 3. The van der Waals surface area contributed by atoms with Crippen molar-refractivity contribution in [2.45, 2.75) is 51.2 Å². The summed E-state index contributed by atoms with van der Waals surface area (Å²) in [7, 11) is 0. The molecule has 29 heavy (non-hydrogen) atoms. The molecule has 0 aliphatic carbocycles. The molecule has 0 saturated carbocycles. The van der Waals surface area contributed by atoms with Gasteiger partial charge in [0.25, 0.3) is 5.91 Å². The maximum Gasteiger partial charge on any atom is 0.251 e. The number of carbonyl (C=O) groups excluding carboxylic acids is 2. The van der Waals surface area contributed by atoms with E-state index in [0.717, 1.165) is 35.8 Å². The number of anilines is 1. The SMILES string of the molecule is O=C(CCCCCCn1cc(CN2C(=O)C(NO)c3cc(Br)ccc32)nn1)NO. The van der Waals surface area contributed by atoms with Crippen molar-refractivity contribution in [3.8, 4) is 0 Å². The van der Waals surface area contributed by atoms with Gasteiger partial charge >= 0.3 is 0 Å². The molecule has 1 aliphatic heterocycles. The fourth-order valence-electron chi connectivity index (χ4n) is 3.35. The second-order valence-corrected chi connectivity index (χ2v) is 7.78. The monoisotopic (exact) mass is 466 g/mol. The lowest BCUT2D eigenvalue weighted by molar-refractivity contribution is -0.129. The Hall–Kier alpha value is -2.34. The quantitative estimate of drug-likeness (QED) is 0.239. The first-order chi connectivity index (χ1) is 14.0. The average Bonchev–Trinajstić information content (AvgIpc) is 3.26. The first-order valence-electron chi connectivity index (χ1n) is 9.36. The lowest BCUT2D eigenvalue weighted by Crippen LogP contribution is -2.33. The molecule has 0 fully saturated rings.